The number of primary amides is 1. The van der Waals surface area contributed by atoms with Crippen molar-refractivity contribution in [3.63, 3.8) is 0 Å². The van der Waals surface area contributed by atoms with E-state index in [4.69, 9.17) is 17.2 Å². The highest BCUT2D eigenvalue weighted by molar-refractivity contribution is 5.99. The molecule has 19 N–H and O–H groups in total. The summed E-state index contributed by atoms with van der Waals surface area (Å²) in [4.78, 5) is 178. The molecule has 0 aliphatic heterocycles. The van der Waals surface area contributed by atoms with Gasteiger partial charge in [0.1, 0.15) is 60.4 Å². The highest BCUT2D eigenvalue weighted by Crippen LogP contribution is 2.11. The predicted octanol–water partition coefficient (Wildman–Crippen LogP) is -5.07. The molecule has 30 nitrogen and oxygen atoms in total. The van der Waals surface area contributed by atoms with Crippen molar-refractivity contribution in [3.05, 3.63) is 0 Å². The van der Waals surface area contributed by atoms with Gasteiger partial charge in [0.25, 0.3) is 0 Å². The zero-order valence-electron chi connectivity index (χ0n) is 44.2. The second-order valence-corrected chi connectivity index (χ2v) is 18.3. The average Bonchev–Trinajstić information content (AvgIpc) is 3.33. The summed E-state index contributed by atoms with van der Waals surface area (Å²) >= 11 is 0. The average molecular weight is 1090 g/mol. The van der Waals surface area contributed by atoms with Gasteiger partial charge in [-0.1, -0.05) is 40.0 Å². The van der Waals surface area contributed by atoms with E-state index >= 15 is 0 Å². The van der Waals surface area contributed by atoms with Gasteiger partial charge in [-0.2, -0.15) is 0 Å². The van der Waals surface area contributed by atoms with Gasteiger partial charge in [0.05, 0.1) is 18.9 Å². The van der Waals surface area contributed by atoms with Gasteiger partial charge in [-0.05, 0) is 79.2 Å². The zero-order valence-corrected chi connectivity index (χ0v) is 44.2. The third-order valence-electron chi connectivity index (χ3n) is 11.6. The Hall–Kier alpha value is -7.50. The molecule has 0 heterocycles. The second-order valence-electron chi connectivity index (χ2n) is 18.3. The Kier molecular flexibility index (Phi) is 31.4. The quantitative estimate of drug-likeness (QED) is 0.0259. The molecule has 430 valence electrons. The van der Waals surface area contributed by atoms with Crippen LogP contribution in [0.4, 0.5) is 0 Å². The molecule has 0 aromatic heterocycles. The van der Waals surface area contributed by atoms with Crippen molar-refractivity contribution in [2.24, 2.45) is 23.1 Å². The van der Waals surface area contributed by atoms with E-state index in [1.54, 1.807) is 20.8 Å². The normalized spacial score (nSPS) is 15.7. The smallest absolute Gasteiger partial charge is 0.326 e. The number of hydrogen-bond acceptors (Lipinski definition) is 16. The van der Waals surface area contributed by atoms with Crippen LogP contribution in [-0.4, -0.2) is 171 Å². The molecule has 0 radical (unpaired) electrons. The molecule has 0 spiro atoms. The standard InChI is InChI=1S/C46H79N13O17/c1-9-11-14-28(55-44(73)31(20-34(63)64)58-39(68)25(7)51-37(66)23(5)53-41(70)27(48)19-32(49)60)43(72)56-29(16-17-33(61)62)42(71)54-24(6)38(67)50-22(4)36(65)52-26(8)40(69)59-35(21(3)10-2)45(74)57-30(46(75)76)15-12-13-18-47/h21-31,35H,9-20,47-48H2,1-8H3,(H2,49,60)(H,50,67)(H,51,66)(H,52,65)(H,53,70)(H,54,71)(H,55,73)(H,56,72)(H,57,74)(H,58,68)(H,59,69)(H,61,62)(H,63,64)(H,75,76)/t21-,22-,23-,24-,25-,26-,27-,28-,29-,30-,31-,35-/m0/s1. The molecular formula is C46H79N13O17. The van der Waals surface area contributed by atoms with E-state index in [1.165, 1.54) is 34.6 Å². The minimum Gasteiger partial charge on any atom is -0.481 e. The van der Waals surface area contributed by atoms with E-state index in [-0.39, 0.29) is 19.3 Å². The monoisotopic (exact) mass is 1090 g/mol. The first-order valence-corrected chi connectivity index (χ1v) is 24.8. The van der Waals surface area contributed by atoms with Gasteiger partial charge in [-0.15, -0.1) is 0 Å². The lowest BCUT2D eigenvalue weighted by Gasteiger charge is -2.27. The SMILES string of the molecule is CCCC[C@H](NC(=O)[C@H](CC(=O)O)NC(=O)[C@H](C)NC(=O)[C@H](C)NC(=O)[C@@H](N)CC(N)=O)C(=O)N[C@@H](CCC(=O)O)C(=O)N[C@@H](C)C(=O)N[C@@H](C)C(=O)N[C@@H](C)C(=O)N[C@H](C(=O)N[C@@H](CCCCN)C(=O)O)[C@@H](C)CC. The Bertz CT molecular complexity index is 2080. The number of nitrogens with two attached hydrogens (primary N) is 3. The summed E-state index contributed by atoms with van der Waals surface area (Å²) in [6.07, 6.45) is -0.640. The lowest BCUT2D eigenvalue weighted by molar-refractivity contribution is -0.143. The van der Waals surface area contributed by atoms with Crippen LogP contribution in [0.25, 0.3) is 0 Å². The fourth-order valence-corrected chi connectivity index (χ4v) is 6.72. The van der Waals surface area contributed by atoms with Crippen LogP contribution >= 0.6 is 0 Å². The molecule has 0 bridgehead atoms. The molecule has 0 aliphatic rings. The summed E-state index contributed by atoms with van der Waals surface area (Å²) in [5, 5.41) is 52.1. The Balaban J connectivity index is 5.97. The first-order valence-electron chi connectivity index (χ1n) is 24.8. The summed E-state index contributed by atoms with van der Waals surface area (Å²) in [6.45, 7) is 11.6. The molecule has 0 rings (SSSR count). The fourth-order valence-electron chi connectivity index (χ4n) is 6.72. The van der Waals surface area contributed by atoms with Gasteiger partial charge in [0.2, 0.25) is 65.0 Å². The third-order valence-corrected chi connectivity index (χ3v) is 11.6. The number of carboxylic acid groups (broad SMARTS) is 3. The number of carbonyl (C=O) groups is 14. The second kappa shape index (κ2) is 34.9. The Morgan fingerprint density at radius 3 is 1.22 bits per heavy atom. The van der Waals surface area contributed by atoms with E-state index in [0.29, 0.717) is 32.2 Å². The summed E-state index contributed by atoms with van der Waals surface area (Å²) in [5.41, 5.74) is 16.1. The zero-order chi connectivity index (χ0) is 58.6. The van der Waals surface area contributed by atoms with Gasteiger partial charge in [-0.25, -0.2) is 4.79 Å². The Morgan fingerprint density at radius 1 is 0.421 bits per heavy atom. The summed E-state index contributed by atoms with van der Waals surface area (Å²) in [7, 11) is 0. The van der Waals surface area contributed by atoms with Crippen LogP contribution in [0.5, 0.6) is 0 Å². The maximum absolute atomic E-state index is 13.7. The predicted molar refractivity (Wildman–Crippen MR) is 268 cm³/mol. The number of aliphatic carboxylic acids is 3. The van der Waals surface area contributed by atoms with E-state index < -0.39 is 181 Å². The van der Waals surface area contributed by atoms with Crippen molar-refractivity contribution in [1.82, 2.24) is 53.2 Å². The highest BCUT2D eigenvalue weighted by Gasteiger charge is 2.35. The highest BCUT2D eigenvalue weighted by atomic mass is 16.4. The van der Waals surface area contributed by atoms with Crippen LogP contribution < -0.4 is 70.4 Å². The largest absolute Gasteiger partial charge is 0.481 e. The molecule has 30 heteroatoms. The van der Waals surface area contributed by atoms with Crippen molar-refractivity contribution < 1.29 is 82.4 Å². The maximum Gasteiger partial charge on any atom is 0.326 e. The van der Waals surface area contributed by atoms with Gasteiger partial charge in [0.15, 0.2) is 0 Å². The van der Waals surface area contributed by atoms with Crippen molar-refractivity contribution in [3.8, 4) is 0 Å². The minimum absolute atomic E-state index is 0.104. The molecule has 0 saturated heterocycles. The molecule has 76 heavy (non-hydrogen) atoms. The van der Waals surface area contributed by atoms with Gasteiger partial charge in [-0.3, -0.25) is 62.3 Å². The molecular weight excluding hydrogens is 1010 g/mol. The van der Waals surface area contributed by atoms with Gasteiger partial charge >= 0.3 is 17.9 Å². The summed E-state index contributed by atoms with van der Waals surface area (Å²) in [6, 6.07) is -15.6. The lowest BCUT2D eigenvalue weighted by Crippen LogP contribution is -2.60. The number of nitrogens with one attached hydrogen (secondary N) is 10. The van der Waals surface area contributed by atoms with E-state index in [2.05, 4.69) is 53.2 Å². The van der Waals surface area contributed by atoms with Crippen molar-refractivity contribution in [2.45, 2.75) is 192 Å². The van der Waals surface area contributed by atoms with Gasteiger partial charge in [0, 0.05) is 6.42 Å². The molecule has 0 unspecified atom stereocenters. The maximum atomic E-state index is 13.7. The number of amides is 11. The molecule has 0 aromatic rings. The van der Waals surface area contributed by atoms with Crippen LogP contribution in [0.2, 0.25) is 0 Å². The first kappa shape index (κ1) is 68.5. The Morgan fingerprint density at radius 2 is 0.803 bits per heavy atom. The topological polar surface area (TPSA) is 498 Å². The van der Waals surface area contributed by atoms with Gasteiger partial charge < -0.3 is 85.7 Å². The van der Waals surface area contributed by atoms with Crippen LogP contribution in [0.1, 0.15) is 126 Å². The Labute approximate surface area is 439 Å². The van der Waals surface area contributed by atoms with E-state index in [1.807, 2.05) is 0 Å². The van der Waals surface area contributed by atoms with E-state index in [9.17, 15) is 82.4 Å². The summed E-state index contributed by atoms with van der Waals surface area (Å²) < 4.78 is 0. The molecule has 0 aliphatic carbocycles. The number of carbonyl (C=O) groups excluding carboxylic acids is 11. The van der Waals surface area contributed by atoms with Crippen molar-refractivity contribution in [1.29, 1.82) is 0 Å². The summed E-state index contributed by atoms with van der Waals surface area (Å²) in [5.74, 6) is -15.1. The number of rotatable bonds is 37. The van der Waals surface area contributed by atoms with Crippen LogP contribution in [-0.2, 0) is 67.1 Å². The van der Waals surface area contributed by atoms with Crippen LogP contribution in [0.15, 0.2) is 0 Å². The van der Waals surface area contributed by atoms with Crippen molar-refractivity contribution >= 4 is 82.9 Å². The van der Waals surface area contributed by atoms with E-state index in [0.717, 1.165) is 0 Å². The lowest BCUT2D eigenvalue weighted by atomic mass is 9.97. The number of hydrogen-bond donors (Lipinski definition) is 16. The molecule has 12 atom stereocenters. The van der Waals surface area contributed by atoms with Crippen molar-refractivity contribution in [2.75, 3.05) is 6.54 Å². The van der Waals surface area contributed by atoms with Crippen LogP contribution in [0.3, 0.4) is 0 Å². The molecule has 0 saturated carbocycles. The molecule has 0 fully saturated rings. The third kappa shape index (κ3) is 26.1. The number of unbranched alkanes of at least 4 members (excludes halogenated alkanes) is 2. The minimum atomic E-state index is -1.85. The van der Waals surface area contributed by atoms with Crippen LogP contribution in [0, 0.1) is 5.92 Å². The number of carboxylic acids is 3. The first-order chi connectivity index (χ1) is 35.4. The molecule has 0 aromatic carbocycles. The molecule has 11 amide bonds. The fraction of sp³-hybridized carbons (Fsp3) is 0.696.